The third kappa shape index (κ3) is 13.4. The van der Waals surface area contributed by atoms with Crippen LogP contribution in [0.1, 0.15) is 40.9 Å². The van der Waals surface area contributed by atoms with Crippen molar-refractivity contribution in [1.29, 1.82) is 0 Å². The van der Waals surface area contributed by atoms with Gasteiger partial charge in [0, 0.05) is 44.6 Å². The van der Waals surface area contributed by atoms with Crippen LogP contribution in [0.3, 0.4) is 0 Å². The fraction of sp³-hybridized carbons (Fsp3) is 0.500. The molecule has 0 spiro atoms. The number of thiophene rings is 1. The number of halogens is 3. The first kappa shape index (κ1) is 45.3. The van der Waals surface area contributed by atoms with Gasteiger partial charge in [-0.2, -0.15) is 0 Å². The quantitative estimate of drug-likeness (QED) is 0.0725. The standard InChI is InChI=1S/C42H53ClF2N4O8S/c1-46-15-16-52-17-18-53-19-20-54-21-22-55-23-24-56-25-26-57-42(51)48(2)33-8-10-34(11-9-33)49(29-30-5-3-6-31(27-30)32-7-4-14-47-28-32)41(50)40-38(43)37-35(44)12-13-36(45)39(37)58-40/h3-7,12-14,27-28,33-34,46H,8-11,15-26,29H2,1-2H3. The van der Waals surface area contributed by atoms with E-state index in [4.69, 9.17) is 40.0 Å². The second-order valence-electron chi connectivity index (χ2n) is 13.7. The second kappa shape index (κ2) is 24.3. The molecule has 58 heavy (non-hydrogen) atoms. The minimum absolute atomic E-state index is 0.00598. The number of carbonyl (C=O) groups is 2. The Hall–Kier alpha value is -3.80. The summed E-state index contributed by atoms with van der Waals surface area (Å²) in [5.74, 6) is -1.72. The summed E-state index contributed by atoms with van der Waals surface area (Å²) in [4.78, 5) is 35.0. The number of pyridine rings is 1. The van der Waals surface area contributed by atoms with Crippen molar-refractivity contribution in [3.63, 3.8) is 0 Å². The van der Waals surface area contributed by atoms with E-state index in [-0.39, 0.29) is 51.8 Å². The van der Waals surface area contributed by atoms with E-state index in [0.717, 1.165) is 46.7 Å². The number of nitrogens with zero attached hydrogens (tertiary/aromatic N) is 3. The van der Waals surface area contributed by atoms with Crippen molar-refractivity contribution in [2.75, 3.05) is 93.3 Å². The third-order valence-corrected chi connectivity index (χ3v) is 11.5. The lowest BCUT2D eigenvalue weighted by atomic mass is 9.89. The van der Waals surface area contributed by atoms with Crippen molar-refractivity contribution in [3.05, 3.63) is 88.0 Å². The van der Waals surface area contributed by atoms with Crippen LogP contribution in [0.25, 0.3) is 21.2 Å². The number of likely N-dealkylation sites (N-methyl/N-ethyl adjacent to an activating group) is 1. The Kier molecular flexibility index (Phi) is 19.0. The van der Waals surface area contributed by atoms with Crippen LogP contribution in [0.15, 0.2) is 60.9 Å². The van der Waals surface area contributed by atoms with Crippen LogP contribution < -0.4 is 5.32 Å². The zero-order valence-electron chi connectivity index (χ0n) is 33.1. The monoisotopic (exact) mass is 846 g/mol. The molecule has 1 aliphatic carbocycles. The molecule has 1 saturated carbocycles. The van der Waals surface area contributed by atoms with Gasteiger partial charge in [-0.25, -0.2) is 13.6 Å². The Morgan fingerprint density at radius 1 is 0.793 bits per heavy atom. The Labute approximate surface area is 347 Å². The predicted octanol–water partition coefficient (Wildman–Crippen LogP) is 7.22. The van der Waals surface area contributed by atoms with E-state index < -0.39 is 23.6 Å². The number of benzene rings is 2. The SMILES string of the molecule is CNCCOCCOCCOCCOCCOCCOC(=O)N(C)C1CCC(N(Cc2cccc(-c3cccnc3)c2)C(=O)c2sc3c(F)ccc(F)c3c2Cl)CC1. The van der Waals surface area contributed by atoms with Gasteiger partial charge in [-0.3, -0.25) is 9.78 Å². The molecule has 1 fully saturated rings. The number of ether oxygens (including phenoxy) is 6. The van der Waals surface area contributed by atoms with Gasteiger partial charge in [0.2, 0.25) is 0 Å². The fourth-order valence-corrected chi connectivity index (χ4v) is 8.17. The molecule has 2 aromatic heterocycles. The molecular weight excluding hydrogens is 794 g/mol. The highest BCUT2D eigenvalue weighted by Crippen LogP contribution is 2.40. The molecule has 2 amide bonds. The molecule has 16 heteroatoms. The first-order chi connectivity index (χ1) is 28.3. The first-order valence-corrected chi connectivity index (χ1v) is 20.8. The van der Waals surface area contributed by atoms with Crippen molar-refractivity contribution in [1.82, 2.24) is 20.1 Å². The van der Waals surface area contributed by atoms with Crippen LogP contribution in [0, 0.1) is 11.6 Å². The Morgan fingerprint density at radius 3 is 1.98 bits per heavy atom. The number of carbonyl (C=O) groups excluding carboxylic acids is 2. The smallest absolute Gasteiger partial charge is 0.409 e. The minimum atomic E-state index is -0.684. The normalized spacial score (nSPS) is 15.5. The number of hydrogen-bond acceptors (Lipinski definition) is 11. The van der Waals surface area contributed by atoms with Gasteiger partial charge >= 0.3 is 6.09 Å². The molecule has 316 valence electrons. The summed E-state index contributed by atoms with van der Waals surface area (Å²) >= 11 is 7.47. The van der Waals surface area contributed by atoms with Gasteiger partial charge in [0.1, 0.15) is 23.1 Å². The third-order valence-electron chi connectivity index (χ3n) is 9.79. The molecule has 1 N–H and O–H groups in total. The topological polar surface area (TPSA) is 121 Å². The molecule has 0 radical (unpaired) electrons. The Balaban J connectivity index is 1.05. The van der Waals surface area contributed by atoms with Crippen molar-refractivity contribution in [3.8, 4) is 11.1 Å². The summed E-state index contributed by atoms with van der Waals surface area (Å²) in [6.07, 6.45) is 5.46. The van der Waals surface area contributed by atoms with Crippen LogP contribution in [-0.4, -0.2) is 132 Å². The fourth-order valence-electron chi connectivity index (χ4n) is 6.66. The van der Waals surface area contributed by atoms with E-state index in [2.05, 4.69) is 10.3 Å². The van der Waals surface area contributed by atoms with Crippen LogP contribution in [0.2, 0.25) is 5.02 Å². The van der Waals surface area contributed by atoms with Gasteiger partial charge in [0.05, 0.1) is 81.2 Å². The molecule has 0 bridgehead atoms. The lowest BCUT2D eigenvalue weighted by Gasteiger charge is -2.39. The number of hydrogen-bond donors (Lipinski definition) is 1. The summed E-state index contributed by atoms with van der Waals surface area (Å²) in [5.41, 5.74) is 2.76. The number of nitrogens with one attached hydrogen (secondary N) is 1. The average molecular weight is 847 g/mol. The molecule has 0 atom stereocenters. The molecule has 2 heterocycles. The summed E-state index contributed by atoms with van der Waals surface area (Å²) in [5, 5.41) is 2.83. The zero-order valence-corrected chi connectivity index (χ0v) is 34.7. The lowest BCUT2D eigenvalue weighted by Crippen LogP contribution is -2.46. The van der Waals surface area contributed by atoms with Gasteiger partial charge in [0.15, 0.2) is 0 Å². The molecular formula is C42H53ClF2N4O8S. The molecule has 0 saturated heterocycles. The highest BCUT2D eigenvalue weighted by molar-refractivity contribution is 7.21. The van der Waals surface area contributed by atoms with Crippen LogP contribution in [-0.2, 0) is 35.0 Å². The van der Waals surface area contributed by atoms with E-state index in [0.29, 0.717) is 85.1 Å². The Bertz CT molecular complexity index is 1870. The molecule has 4 aromatic rings. The van der Waals surface area contributed by atoms with E-state index in [1.165, 1.54) is 0 Å². The minimum Gasteiger partial charge on any atom is -0.447 e. The van der Waals surface area contributed by atoms with Crippen LogP contribution in [0.5, 0.6) is 0 Å². The average Bonchev–Trinajstić information content (AvgIpc) is 3.61. The van der Waals surface area contributed by atoms with Gasteiger partial charge in [-0.1, -0.05) is 35.9 Å². The lowest BCUT2D eigenvalue weighted by molar-refractivity contribution is -0.0147. The van der Waals surface area contributed by atoms with Crippen LogP contribution >= 0.6 is 22.9 Å². The zero-order chi connectivity index (χ0) is 41.1. The van der Waals surface area contributed by atoms with Gasteiger partial charge in [0.25, 0.3) is 5.91 Å². The summed E-state index contributed by atoms with van der Waals surface area (Å²) in [6.45, 7) is 5.74. The summed E-state index contributed by atoms with van der Waals surface area (Å²) in [6, 6.07) is 13.4. The Morgan fingerprint density at radius 2 is 1.38 bits per heavy atom. The first-order valence-electron chi connectivity index (χ1n) is 19.6. The van der Waals surface area contributed by atoms with Crippen molar-refractivity contribution in [2.24, 2.45) is 0 Å². The van der Waals surface area contributed by atoms with Crippen molar-refractivity contribution in [2.45, 2.75) is 44.3 Å². The number of aromatic nitrogens is 1. The number of amides is 2. The van der Waals surface area contributed by atoms with Crippen molar-refractivity contribution < 1.29 is 46.8 Å². The molecule has 1 aliphatic rings. The maximum absolute atomic E-state index is 14.8. The molecule has 0 aliphatic heterocycles. The summed E-state index contributed by atoms with van der Waals surface area (Å²) in [7, 11) is 3.59. The highest BCUT2D eigenvalue weighted by atomic mass is 35.5. The van der Waals surface area contributed by atoms with Crippen molar-refractivity contribution >= 4 is 45.0 Å². The molecule has 0 unspecified atom stereocenters. The number of rotatable bonds is 24. The molecule has 2 aromatic carbocycles. The van der Waals surface area contributed by atoms with Gasteiger partial charge in [-0.15, -0.1) is 11.3 Å². The van der Waals surface area contributed by atoms with Gasteiger partial charge < -0.3 is 43.5 Å². The van der Waals surface area contributed by atoms with E-state index >= 15 is 0 Å². The molecule has 5 rings (SSSR count). The summed E-state index contributed by atoms with van der Waals surface area (Å²) < 4.78 is 62.4. The number of fused-ring (bicyclic) bond motifs is 1. The molecule has 12 nitrogen and oxygen atoms in total. The highest BCUT2D eigenvalue weighted by Gasteiger charge is 2.34. The second-order valence-corrected chi connectivity index (χ2v) is 15.1. The van der Waals surface area contributed by atoms with Crippen LogP contribution in [0.4, 0.5) is 13.6 Å². The van der Waals surface area contributed by atoms with Gasteiger partial charge in [-0.05, 0) is 73.7 Å². The maximum atomic E-state index is 14.8. The van der Waals surface area contributed by atoms with E-state index in [9.17, 15) is 18.4 Å². The predicted molar refractivity (Wildman–Crippen MR) is 219 cm³/mol. The maximum Gasteiger partial charge on any atom is 0.409 e. The van der Waals surface area contributed by atoms with E-state index in [1.54, 1.807) is 29.2 Å². The largest absolute Gasteiger partial charge is 0.447 e. The van der Waals surface area contributed by atoms with E-state index in [1.807, 2.05) is 43.4 Å².